The third kappa shape index (κ3) is 6.26. The summed E-state index contributed by atoms with van der Waals surface area (Å²) in [4.78, 5) is 4.83. The predicted molar refractivity (Wildman–Crippen MR) is 273 cm³/mol. The van der Waals surface area contributed by atoms with Crippen LogP contribution in [-0.2, 0) is 0 Å². The number of hydrogen-bond donors (Lipinski definition) is 0. The third-order valence-corrected chi connectivity index (χ3v) is 13.6. The highest BCUT2D eigenvalue weighted by molar-refractivity contribution is 6.22. The van der Waals surface area contributed by atoms with Gasteiger partial charge in [-0.2, -0.15) is 0 Å². The van der Waals surface area contributed by atoms with Gasteiger partial charge >= 0.3 is 0 Å². The summed E-state index contributed by atoms with van der Waals surface area (Å²) in [7, 11) is 0. The monoisotopic (exact) mass is 832 g/mol. The Hall–Kier alpha value is -7.30. The Morgan fingerprint density at radius 2 is 0.641 bits per heavy atom. The second-order valence-corrected chi connectivity index (χ2v) is 18.5. The lowest BCUT2D eigenvalue weighted by Gasteiger charge is -2.29. The van der Waals surface area contributed by atoms with Crippen molar-refractivity contribution >= 4 is 99.5 Å². The molecular weight excluding hydrogens is 781 g/mol. The van der Waals surface area contributed by atoms with Gasteiger partial charge in [0, 0.05) is 66.8 Å². The maximum Gasteiger partial charge on any atom is 0.139 e. The zero-order valence-electron chi connectivity index (χ0n) is 38.4. The number of fused-ring (bicyclic) bond motifs is 8. The van der Waals surface area contributed by atoms with Crippen molar-refractivity contribution < 1.29 is 8.83 Å². The summed E-state index contributed by atoms with van der Waals surface area (Å²) >= 11 is 0. The number of hydrogen-bond acceptors (Lipinski definition) is 4. The maximum atomic E-state index is 6.93. The molecule has 0 aliphatic rings. The van der Waals surface area contributed by atoms with Crippen LogP contribution in [0.15, 0.2) is 142 Å². The van der Waals surface area contributed by atoms with Crippen LogP contribution in [0.3, 0.4) is 0 Å². The zero-order chi connectivity index (χ0) is 44.3. The molecule has 4 nitrogen and oxygen atoms in total. The Balaban J connectivity index is 1.06. The van der Waals surface area contributed by atoms with E-state index in [2.05, 4.69) is 212 Å². The molecule has 0 radical (unpaired) electrons. The summed E-state index contributed by atoms with van der Waals surface area (Å²) in [6.07, 6.45) is 0. The Labute approximate surface area is 375 Å². The van der Waals surface area contributed by atoms with E-state index in [1.165, 1.54) is 78.0 Å². The molecule has 0 spiro atoms. The number of benzene rings is 9. The summed E-state index contributed by atoms with van der Waals surface area (Å²) in [5.41, 5.74) is 22.6. The van der Waals surface area contributed by atoms with E-state index in [1.807, 2.05) is 0 Å². The molecule has 9 aromatic carbocycles. The zero-order valence-corrected chi connectivity index (χ0v) is 38.4. The molecule has 2 heterocycles. The van der Waals surface area contributed by atoms with Gasteiger partial charge in [-0.1, -0.05) is 60.7 Å². The number of furan rings is 2. The molecule has 0 bridgehead atoms. The van der Waals surface area contributed by atoms with E-state index in [0.717, 1.165) is 77.2 Å². The first kappa shape index (κ1) is 39.5. The average Bonchev–Trinajstić information content (AvgIpc) is 3.85. The van der Waals surface area contributed by atoms with Gasteiger partial charge in [0.15, 0.2) is 0 Å². The minimum Gasteiger partial charge on any atom is -0.456 e. The summed E-state index contributed by atoms with van der Waals surface area (Å²) in [6, 6.07) is 49.5. The van der Waals surface area contributed by atoms with Crippen molar-refractivity contribution in [2.75, 3.05) is 9.80 Å². The molecule has 0 aliphatic carbocycles. The number of nitrogens with zero attached hydrogens (tertiary/aromatic N) is 2. The van der Waals surface area contributed by atoms with Crippen molar-refractivity contribution in [1.29, 1.82) is 0 Å². The number of aryl methyl sites for hydroxylation is 10. The van der Waals surface area contributed by atoms with Crippen LogP contribution in [0.2, 0.25) is 0 Å². The van der Waals surface area contributed by atoms with Crippen LogP contribution < -0.4 is 9.80 Å². The molecule has 0 unspecified atom stereocenters. The molecule has 2 aromatic heterocycles. The normalized spacial score (nSPS) is 11.9. The predicted octanol–water partition coefficient (Wildman–Crippen LogP) is 17.8. The van der Waals surface area contributed by atoms with Crippen LogP contribution in [0.25, 0.3) is 65.4 Å². The molecule has 0 N–H and O–H groups in total. The minimum atomic E-state index is 0.878. The lowest BCUT2D eigenvalue weighted by molar-refractivity contribution is 0.660. The molecule has 64 heavy (non-hydrogen) atoms. The molecule has 0 atom stereocenters. The number of anilines is 6. The van der Waals surface area contributed by atoms with Crippen LogP contribution in [0, 0.1) is 69.2 Å². The molecular formula is C60H52N2O2. The van der Waals surface area contributed by atoms with Crippen LogP contribution in [-0.4, -0.2) is 0 Å². The fourth-order valence-corrected chi connectivity index (χ4v) is 10.1. The molecule has 314 valence electrons. The molecule has 0 saturated heterocycles. The van der Waals surface area contributed by atoms with Gasteiger partial charge in [0.05, 0.1) is 0 Å². The molecule has 0 amide bonds. The van der Waals surface area contributed by atoms with Crippen LogP contribution in [0.5, 0.6) is 0 Å². The minimum absolute atomic E-state index is 0.878. The van der Waals surface area contributed by atoms with Crippen molar-refractivity contribution in [2.45, 2.75) is 69.2 Å². The van der Waals surface area contributed by atoms with Crippen LogP contribution in [0.4, 0.5) is 34.1 Å². The molecule has 11 aromatic rings. The average molecular weight is 833 g/mol. The fraction of sp³-hybridized carbons (Fsp3) is 0.167. The van der Waals surface area contributed by atoms with Gasteiger partial charge in [-0.15, -0.1) is 0 Å². The quantitative estimate of drug-likeness (QED) is 0.167. The van der Waals surface area contributed by atoms with Crippen molar-refractivity contribution in [3.8, 4) is 0 Å². The highest BCUT2D eigenvalue weighted by atomic mass is 16.3. The van der Waals surface area contributed by atoms with Gasteiger partial charge in [-0.25, -0.2) is 0 Å². The molecule has 0 aliphatic heterocycles. The smallest absolute Gasteiger partial charge is 0.139 e. The Kier molecular flexibility index (Phi) is 9.04. The van der Waals surface area contributed by atoms with Crippen LogP contribution in [0.1, 0.15) is 55.6 Å². The van der Waals surface area contributed by atoms with E-state index in [9.17, 15) is 0 Å². The lowest BCUT2D eigenvalue weighted by atomic mass is 9.97. The summed E-state index contributed by atoms with van der Waals surface area (Å²) in [5, 5.41) is 9.03. The Bertz CT molecular complexity index is 3400. The Morgan fingerprint density at radius 1 is 0.312 bits per heavy atom. The van der Waals surface area contributed by atoms with E-state index in [1.54, 1.807) is 0 Å². The second kappa shape index (κ2) is 14.6. The summed E-state index contributed by atoms with van der Waals surface area (Å²) < 4.78 is 13.9. The third-order valence-electron chi connectivity index (χ3n) is 13.6. The molecule has 0 saturated carbocycles. The van der Waals surface area contributed by atoms with Gasteiger partial charge in [0.25, 0.3) is 0 Å². The van der Waals surface area contributed by atoms with Gasteiger partial charge in [-0.05, 0) is 208 Å². The van der Waals surface area contributed by atoms with E-state index in [4.69, 9.17) is 8.83 Å². The molecule has 0 fully saturated rings. The van der Waals surface area contributed by atoms with E-state index in [-0.39, 0.29) is 0 Å². The van der Waals surface area contributed by atoms with Crippen LogP contribution >= 0.6 is 0 Å². The first-order valence-corrected chi connectivity index (χ1v) is 22.4. The van der Waals surface area contributed by atoms with Gasteiger partial charge in [0.1, 0.15) is 22.3 Å². The lowest BCUT2D eigenvalue weighted by Crippen LogP contribution is -2.13. The number of rotatable bonds is 6. The van der Waals surface area contributed by atoms with Gasteiger partial charge in [-0.3, -0.25) is 0 Å². The summed E-state index contributed by atoms with van der Waals surface area (Å²) in [6.45, 7) is 21.8. The molecule has 11 rings (SSSR count). The van der Waals surface area contributed by atoms with Gasteiger partial charge < -0.3 is 18.6 Å². The maximum absolute atomic E-state index is 6.93. The standard InChI is InChI=1S/C60H52N2O2/c1-33-11-15-37(5)51(23-33)61(52-24-34(2)12-16-38(52)6)47-21-19-43-29-49-55(31-45(43)27-47)63-59-42(10)58-50-30-44-20-22-48(28-46(44)32-56(50)64-60(58)41(9)57(49)59)62(53-25-35(3)13-17-39(53)7)54-26-36(4)14-18-40(54)8/h11-32H,1-10H3. The SMILES string of the molecule is Cc1ccc(C)c(N(c2ccc3cc4c(cc3c2)oc2c(C)c3c(oc5cc6cc(N(c7cc(C)ccc7C)c7cc(C)ccc7C)ccc6cc53)c(C)c24)c2cc(C)ccc2C)c1. The van der Waals surface area contributed by atoms with Crippen molar-refractivity contribution in [2.24, 2.45) is 0 Å². The summed E-state index contributed by atoms with van der Waals surface area (Å²) in [5.74, 6) is 0. The van der Waals surface area contributed by atoms with Crippen molar-refractivity contribution in [3.05, 3.63) is 189 Å². The topological polar surface area (TPSA) is 32.8 Å². The first-order valence-electron chi connectivity index (χ1n) is 22.4. The Morgan fingerprint density at radius 3 is 0.969 bits per heavy atom. The molecule has 4 heteroatoms. The van der Waals surface area contributed by atoms with E-state index >= 15 is 0 Å². The van der Waals surface area contributed by atoms with E-state index in [0.29, 0.717) is 0 Å². The highest BCUT2D eigenvalue weighted by Crippen LogP contribution is 2.47. The first-order chi connectivity index (χ1) is 30.8. The van der Waals surface area contributed by atoms with E-state index < -0.39 is 0 Å². The second-order valence-electron chi connectivity index (χ2n) is 18.5. The van der Waals surface area contributed by atoms with Crippen molar-refractivity contribution in [1.82, 2.24) is 0 Å². The van der Waals surface area contributed by atoms with Gasteiger partial charge in [0.2, 0.25) is 0 Å². The van der Waals surface area contributed by atoms with Crippen molar-refractivity contribution in [3.63, 3.8) is 0 Å². The largest absolute Gasteiger partial charge is 0.456 e. The fourth-order valence-electron chi connectivity index (χ4n) is 10.1. The highest BCUT2D eigenvalue weighted by Gasteiger charge is 2.24.